The smallest absolute Gasteiger partial charge is 0.462 e. The zero-order chi connectivity index (χ0) is 24.6. The molecule has 0 saturated heterocycles. The normalized spacial score (nSPS) is 10.7. The molecule has 3 aromatic carbocycles. The molecule has 0 N–H and O–H groups in total. The molecule has 0 unspecified atom stereocenters. The van der Waals surface area contributed by atoms with Crippen molar-refractivity contribution < 1.29 is 31.4 Å². The number of aromatic nitrogens is 1. The molecule has 34 heavy (non-hydrogen) atoms. The van der Waals surface area contributed by atoms with E-state index in [1.807, 2.05) is 73.7 Å². The first-order valence-corrected chi connectivity index (χ1v) is 10.6. The second-order valence-electron chi connectivity index (χ2n) is 7.13. The van der Waals surface area contributed by atoms with Crippen molar-refractivity contribution in [1.29, 1.82) is 0 Å². The highest BCUT2D eigenvalue weighted by molar-refractivity contribution is 6.50. The average molecular weight is 467 g/mol. The van der Waals surface area contributed by atoms with E-state index >= 15 is 0 Å². The minimum atomic E-state index is -6.00. The minimum Gasteiger partial charge on any atom is -0.462 e. The van der Waals surface area contributed by atoms with Gasteiger partial charge in [-0.15, -0.1) is 0 Å². The highest BCUT2D eigenvalue weighted by Crippen LogP contribution is 2.26. The van der Waals surface area contributed by atoms with Gasteiger partial charge in [0.25, 0.3) is 0 Å². The molecule has 4 rings (SSSR count). The van der Waals surface area contributed by atoms with Gasteiger partial charge in [0.1, 0.15) is 0 Å². The molecular formula is C26H22BF4NO2. The second kappa shape index (κ2) is 11.3. The molecule has 1 heterocycles. The van der Waals surface area contributed by atoms with E-state index in [1.54, 1.807) is 0 Å². The van der Waals surface area contributed by atoms with Crippen molar-refractivity contribution in [2.45, 2.75) is 6.92 Å². The third-order valence-electron chi connectivity index (χ3n) is 4.73. The molecule has 4 aromatic rings. The number of esters is 1. The summed E-state index contributed by atoms with van der Waals surface area (Å²) < 4.78 is 46.5. The average Bonchev–Trinajstić information content (AvgIpc) is 2.84. The van der Waals surface area contributed by atoms with E-state index < -0.39 is 7.25 Å². The first-order valence-electron chi connectivity index (χ1n) is 10.6. The number of rotatable bonds is 5. The van der Waals surface area contributed by atoms with Crippen LogP contribution in [0.3, 0.4) is 0 Å². The SMILES string of the molecule is CCOC(=O)c1cc(-c2ccccc2)[n+](-c2ccccc2)c(-c2ccccc2)c1.F[B-](F)(F)F. The van der Waals surface area contributed by atoms with Crippen LogP contribution in [0.4, 0.5) is 17.3 Å². The van der Waals surface area contributed by atoms with Crippen molar-refractivity contribution >= 4 is 13.2 Å². The van der Waals surface area contributed by atoms with Crippen LogP contribution in [-0.2, 0) is 4.74 Å². The second-order valence-corrected chi connectivity index (χ2v) is 7.13. The number of hydrogen-bond acceptors (Lipinski definition) is 2. The Bertz CT molecular complexity index is 1150. The summed E-state index contributed by atoms with van der Waals surface area (Å²) in [5, 5.41) is 0. The molecule has 8 heteroatoms. The number of hydrogen-bond donors (Lipinski definition) is 0. The van der Waals surface area contributed by atoms with Gasteiger partial charge in [-0.3, -0.25) is 0 Å². The van der Waals surface area contributed by atoms with Gasteiger partial charge in [-0.05, 0) is 31.2 Å². The lowest BCUT2D eigenvalue weighted by Gasteiger charge is -2.12. The largest absolute Gasteiger partial charge is 0.673 e. The van der Waals surface area contributed by atoms with Crippen LogP contribution in [0, 0.1) is 0 Å². The molecule has 0 aliphatic rings. The predicted octanol–water partition coefficient (Wildman–Crippen LogP) is 6.77. The lowest BCUT2D eigenvalue weighted by atomic mass is 10.0. The summed E-state index contributed by atoms with van der Waals surface area (Å²) in [6, 6.07) is 34.2. The van der Waals surface area contributed by atoms with Gasteiger partial charge in [0, 0.05) is 35.4 Å². The molecule has 0 bridgehead atoms. The third-order valence-corrected chi connectivity index (χ3v) is 4.73. The summed E-state index contributed by atoms with van der Waals surface area (Å²) >= 11 is 0. The highest BCUT2D eigenvalue weighted by Gasteiger charge is 2.26. The number of nitrogens with zero attached hydrogens (tertiary/aromatic N) is 1. The molecule has 1 aromatic heterocycles. The van der Waals surface area contributed by atoms with Gasteiger partial charge in [0.15, 0.2) is 0 Å². The van der Waals surface area contributed by atoms with Gasteiger partial charge in [-0.1, -0.05) is 54.6 Å². The summed E-state index contributed by atoms with van der Waals surface area (Å²) in [5.41, 5.74) is 5.49. The molecule has 174 valence electrons. The number of pyridine rings is 1. The molecule has 0 spiro atoms. The van der Waals surface area contributed by atoms with Crippen molar-refractivity contribution in [2.75, 3.05) is 6.61 Å². The molecule has 0 atom stereocenters. The van der Waals surface area contributed by atoms with Gasteiger partial charge in [0.05, 0.1) is 12.2 Å². The van der Waals surface area contributed by atoms with E-state index in [4.69, 9.17) is 4.74 Å². The summed E-state index contributed by atoms with van der Waals surface area (Å²) in [6.07, 6.45) is 0. The maximum Gasteiger partial charge on any atom is 0.673 e. The topological polar surface area (TPSA) is 30.2 Å². The molecule has 0 fully saturated rings. The summed E-state index contributed by atoms with van der Waals surface area (Å²) in [5.74, 6) is -0.318. The number of ether oxygens (including phenoxy) is 1. The van der Waals surface area contributed by atoms with Crippen LogP contribution in [0.2, 0.25) is 0 Å². The van der Waals surface area contributed by atoms with Crippen LogP contribution in [-0.4, -0.2) is 19.8 Å². The van der Waals surface area contributed by atoms with Crippen LogP contribution >= 0.6 is 0 Å². The standard InChI is InChI=1S/C26H22NO2.BF4/c1-2-29-26(28)22-18-24(20-12-6-3-7-13-20)27(23-16-10-5-11-17-23)25(19-22)21-14-8-4-9-15-21;2-1(3,4)5/h3-19H,2H2,1H3;/q+1;-1. The van der Waals surface area contributed by atoms with Crippen molar-refractivity contribution in [3.63, 3.8) is 0 Å². The minimum absolute atomic E-state index is 0.318. The predicted molar refractivity (Wildman–Crippen MR) is 125 cm³/mol. The molecule has 3 nitrogen and oxygen atoms in total. The molecule has 0 saturated carbocycles. The van der Waals surface area contributed by atoms with Crippen molar-refractivity contribution in [2.24, 2.45) is 0 Å². The maximum atomic E-state index is 12.6. The van der Waals surface area contributed by atoms with Gasteiger partial charge < -0.3 is 22.0 Å². The Kier molecular flexibility index (Phi) is 8.19. The fourth-order valence-electron chi connectivity index (χ4n) is 3.43. The van der Waals surface area contributed by atoms with Crippen molar-refractivity contribution in [3.8, 4) is 28.2 Å². The van der Waals surface area contributed by atoms with E-state index in [2.05, 4.69) is 41.0 Å². The van der Waals surface area contributed by atoms with E-state index in [-0.39, 0.29) is 5.97 Å². The number of para-hydroxylation sites is 1. The van der Waals surface area contributed by atoms with Crippen LogP contribution in [0.1, 0.15) is 17.3 Å². The van der Waals surface area contributed by atoms with Gasteiger partial charge in [-0.25, -0.2) is 4.79 Å². The molecule has 0 aliphatic heterocycles. The molecule has 0 aliphatic carbocycles. The fourth-order valence-corrected chi connectivity index (χ4v) is 3.43. The van der Waals surface area contributed by atoms with E-state index in [9.17, 15) is 22.1 Å². The summed E-state index contributed by atoms with van der Waals surface area (Å²) in [7, 11) is -6.00. The Balaban J connectivity index is 0.000000588. The van der Waals surface area contributed by atoms with Crippen molar-refractivity contribution in [3.05, 3.63) is 109 Å². The van der Waals surface area contributed by atoms with Crippen molar-refractivity contribution in [1.82, 2.24) is 0 Å². The maximum absolute atomic E-state index is 12.6. The quantitative estimate of drug-likeness (QED) is 0.140. The van der Waals surface area contributed by atoms with E-state index in [0.717, 1.165) is 28.2 Å². The Labute approximate surface area is 195 Å². The third kappa shape index (κ3) is 6.78. The fraction of sp³-hybridized carbons (Fsp3) is 0.0769. The van der Waals surface area contributed by atoms with Crippen LogP contribution in [0.5, 0.6) is 0 Å². The van der Waals surface area contributed by atoms with Gasteiger partial charge >= 0.3 is 13.2 Å². The molecule has 0 amide bonds. The highest BCUT2D eigenvalue weighted by atomic mass is 19.5. The van der Waals surface area contributed by atoms with Crippen LogP contribution < -0.4 is 4.57 Å². The molecular weight excluding hydrogens is 445 g/mol. The first-order chi connectivity index (χ1) is 16.3. The number of benzene rings is 3. The Morgan fingerprint density at radius 2 is 1.12 bits per heavy atom. The monoisotopic (exact) mass is 467 g/mol. The Hall–Kier alpha value is -3.94. The van der Waals surface area contributed by atoms with Gasteiger partial charge in [0.2, 0.25) is 17.1 Å². The number of carbonyl (C=O) groups excluding carboxylic acids is 1. The lowest BCUT2D eigenvalue weighted by molar-refractivity contribution is -0.572. The Morgan fingerprint density at radius 1 is 0.735 bits per heavy atom. The van der Waals surface area contributed by atoms with E-state index in [1.165, 1.54) is 0 Å². The van der Waals surface area contributed by atoms with Gasteiger partial charge in [-0.2, -0.15) is 4.57 Å². The molecule has 0 radical (unpaired) electrons. The van der Waals surface area contributed by atoms with Crippen LogP contribution in [0.15, 0.2) is 103 Å². The number of carbonyl (C=O) groups is 1. The van der Waals surface area contributed by atoms with Crippen LogP contribution in [0.25, 0.3) is 28.2 Å². The summed E-state index contributed by atoms with van der Waals surface area (Å²) in [4.78, 5) is 12.6. The first kappa shape index (κ1) is 24.7. The Morgan fingerprint density at radius 3 is 1.50 bits per heavy atom. The zero-order valence-corrected chi connectivity index (χ0v) is 18.4. The zero-order valence-electron chi connectivity index (χ0n) is 18.4. The number of halogens is 4. The van der Waals surface area contributed by atoms with E-state index in [0.29, 0.717) is 12.2 Å². The lowest BCUT2D eigenvalue weighted by Crippen LogP contribution is -2.37. The summed E-state index contributed by atoms with van der Waals surface area (Å²) in [6.45, 7) is 2.16.